The van der Waals surface area contributed by atoms with Crippen molar-refractivity contribution in [2.75, 3.05) is 32.2 Å². The first-order valence-corrected chi connectivity index (χ1v) is 7.63. The second-order valence-electron chi connectivity index (χ2n) is 5.20. The zero-order chi connectivity index (χ0) is 17.9. The molecular formula is C17H20N2O5. The summed E-state index contributed by atoms with van der Waals surface area (Å²) in [6.45, 7) is 3.67. The van der Waals surface area contributed by atoms with Gasteiger partial charge in [0.2, 0.25) is 0 Å². The largest absolute Gasteiger partial charge is 0.461 e. The number of esters is 1. The highest BCUT2D eigenvalue weighted by atomic mass is 16.6. The van der Waals surface area contributed by atoms with Gasteiger partial charge in [-0.1, -0.05) is 18.2 Å². The standard InChI is InChI=1S/C17H20N2O5/c1-5-23-16(21)14(18(3)4)13-11-9-7-8-10-12(11)19(15(13)20)17(22)24-6-2/h7-10H,5-6H2,1-4H3/b14-13+. The van der Waals surface area contributed by atoms with Gasteiger partial charge in [-0.05, 0) is 19.9 Å². The number of carbonyl (C=O) groups is 3. The van der Waals surface area contributed by atoms with Crippen LogP contribution in [0.1, 0.15) is 19.4 Å². The van der Waals surface area contributed by atoms with E-state index in [0.29, 0.717) is 11.3 Å². The van der Waals surface area contributed by atoms with Gasteiger partial charge in [0, 0.05) is 19.7 Å². The van der Waals surface area contributed by atoms with Gasteiger partial charge in [-0.25, -0.2) is 14.5 Å². The molecule has 0 bridgehead atoms. The number of likely N-dealkylation sites (N-methyl/N-ethyl adjacent to an activating group) is 1. The molecule has 0 atom stereocenters. The van der Waals surface area contributed by atoms with Gasteiger partial charge in [0.1, 0.15) is 5.70 Å². The normalized spacial score (nSPS) is 15.0. The highest BCUT2D eigenvalue weighted by Crippen LogP contribution is 2.39. The van der Waals surface area contributed by atoms with Crippen LogP contribution in [0.2, 0.25) is 0 Å². The zero-order valence-electron chi connectivity index (χ0n) is 14.2. The molecule has 1 heterocycles. The predicted molar refractivity (Wildman–Crippen MR) is 88.2 cm³/mol. The third-order valence-corrected chi connectivity index (χ3v) is 3.43. The Labute approximate surface area is 140 Å². The van der Waals surface area contributed by atoms with Gasteiger partial charge in [-0.3, -0.25) is 4.79 Å². The maximum Gasteiger partial charge on any atom is 0.421 e. The molecule has 7 heteroatoms. The van der Waals surface area contributed by atoms with Crippen molar-refractivity contribution in [3.8, 4) is 0 Å². The Morgan fingerprint density at radius 2 is 1.71 bits per heavy atom. The Kier molecular flexibility index (Phi) is 5.23. The SMILES string of the molecule is CCOC(=O)/C(=C1\C(=O)N(C(=O)OCC)c2ccccc21)N(C)C. The maximum atomic E-state index is 12.9. The molecule has 7 nitrogen and oxygen atoms in total. The van der Waals surface area contributed by atoms with Crippen LogP contribution in [0, 0.1) is 0 Å². The Hall–Kier alpha value is -2.83. The predicted octanol–water partition coefficient (Wildman–Crippen LogP) is 2.03. The number of hydrogen-bond donors (Lipinski definition) is 0. The molecule has 24 heavy (non-hydrogen) atoms. The minimum Gasteiger partial charge on any atom is -0.461 e. The topological polar surface area (TPSA) is 76.2 Å². The molecule has 0 saturated carbocycles. The van der Waals surface area contributed by atoms with Crippen LogP contribution in [0.3, 0.4) is 0 Å². The third-order valence-electron chi connectivity index (χ3n) is 3.43. The molecule has 0 aromatic heterocycles. The van der Waals surface area contributed by atoms with Gasteiger partial charge >= 0.3 is 12.1 Å². The molecule has 1 aromatic rings. The van der Waals surface area contributed by atoms with E-state index in [-0.39, 0.29) is 24.5 Å². The fourth-order valence-electron chi connectivity index (χ4n) is 2.52. The van der Waals surface area contributed by atoms with Gasteiger partial charge in [0.05, 0.1) is 24.5 Å². The van der Waals surface area contributed by atoms with Crippen molar-refractivity contribution in [2.24, 2.45) is 0 Å². The van der Waals surface area contributed by atoms with E-state index >= 15 is 0 Å². The molecule has 1 aliphatic rings. The summed E-state index contributed by atoms with van der Waals surface area (Å²) in [6.07, 6.45) is -0.771. The van der Waals surface area contributed by atoms with Crippen LogP contribution in [0.5, 0.6) is 0 Å². The Morgan fingerprint density at radius 1 is 1.08 bits per heavy atom. The maximum absolute atomic E-state index is 12.9. The van der Waals surface area contributed by atoms with Crippen molar-refractivity contribution in [1.82, 2.24) is 4.90 Å². The van der Waals surface area contributed by atoms with Crippen LogP contribution in [-0.4, -0.2) is 50.2 Å². The number of carbonyl (C=O) groups excluding carboxylic acids is 3. The van der Waals surface area contributed by atoms with E-state index in [1.54, 1.807) is 52.2 Å². The number of fused-ring (bicyclic) bond motifs is 1. The highest BCUT2D eigenvalue weighted by Gasteiger charge is 2.41. The summed E-state index contributed by atoms with van der Waals surface area (Å²) >= 11 is 0. The number of amides is 2. The molecular weight excluding hydrogens is 312 g/mol. The lowest BCUT2D eigenvalue weighted by Crippen LogP contribution is -2.35. The molecule has 2 rings (SSSR count). The van der Waals surface area contributed by atoms with E-state index < -0.39 is 18.0 Å². The summed E-state index contributed by atoms with van der Waals surface area (Å²) in [6, 6.07) is 6.76. The fourth-order valence-corrected chi connectivity index (χ4v) is 2.52. The first-order valence-electron chi connectivity index (χ1n) is 7.63. The number of hydrogen-bond acceptors (Lipinski definition) is 6. The Balaban J connectivity index is 2.66. The number of ether oxygens (including phenoxy) is 2. The molecule has 0 aliphatic carbocycles. The average molecular weight is 332 g/mol. The highest BCUT2D eigenvalue weighted by molar-refractivity contribution is 6.41. The molecule has 0 fully saturated rings. The van der Waals surface area contributed by atoms with Crippen LogP contribution < -0.4 is 4.90 Å². The van der Waals surface area contributed by atoms with Gasteiger partial charge in [-0.2, -0.15) is 0 Å². The van der Waals surface area contributed by atoms with E-state index in [1.165, 1.54) is 4.90 Å². The minimum atomic E-state index is -0.771. The van der Waals surface area contributed by atoms with E-state index in [9.17, 15) is 14.4 Å². The quantitative estimate of drug-likeness (QED) is 0.620. The van der Waals surface area contributed by atoms with Crippen molar-refractivity contribution in [3.05, 3.63) is 35.5 Å². The van der Waals surface area contributed by atoms with Crippen LogP contribution in [0.25, 0.3) is 5.57 Å². The molecule has 1 aliphatic heterocycles. The van der Waals surface area contributed by atoms with E-state index in [1.807, 2.05) is 0 Å². The zero-order valence-corrected chi connectivity index (χ0v) is 14.2. The number of benzene rings is 1. The van der Waals surface area contributed by atoms with Gasteiger partial charge < -0.3 is 14.4 Å². The molecule has 1 aromatic carbocycles. The summed E-state index contributed by atoms with van der Waals surface area (Å²) in [5.41, 5.74) is 1.11. The van der Waals surface area contributed by atoms with Crippen molar-refractivity contribution in [3.63, 3.8) is 0 Å². The van der Waals surface area contributed by atoms with E-state index in [0.717, 1.165) is 4.90 Å². The number of imide groups is 1. The molecule has 2 amide bonds. The van der Waals surface area contributed by atoms with Crippen LogP contribution in [0.4, 0.5) is 10.5 Å². The van der Waals surface area contributed by atoms with E-state index in [2.05, 4.69) is 0 Å². The number of anilines is 1. The molecule has 0 spiro atoms. The van der Waals surface area contributed by atoms with Crippen molar-refractivity contribution < 1.29 is 23.9 Å². The smallest absolute Gasteiger partial charge is 0.421 e. The fraction of sp³-hybridized carbons (Fsp3) is 0.353. The Bertz CT molecular complexity index is 709. The van der Waals surface area contributed by atoms with Gasteiger partial charge in [-0.15, -0.1) is 0 Å². The molecule has 0 saturated heterocycles. The molecule has 128 valence electrons. The number of para-hydroxylation sites is 1. The van der Waals surface area contributed by atoms with Crippen molar-refractivity contribution >= 4 is 29.2 Å². The second kappa shape index (κ2) is 7.16. The van der Waals surface area contributed by atoms with E-state index in [4.69, 9.17) is 9.47 Å². The van der Waals surface area contributed by atoms with Crippen LogP contribution >= 0.6 is 0 Å². The monoisotopic (exact) mass is 332 g/mol. The molecule has 0 unspecified atom stereocenters. The lowest BCUT2D eigenvalue weighted by Gasteiger charge is -2.18. The van der Waals surface area contributed by atoms with Crippen molar-refractivity contribution in [1.29, 1.82) is 0 Å². The minimum absolute atomic E-state index is 0.0982. The summed E-state index contributed by atoms with van der Waals surface area (Å²) in [4.78, 5) is 39.8. The van der Waals surface area contributed by atoms with Gasteiger partial charge in [0.25, 0.3) is 5.91 Å². The third kappa shape index (κ3) is 2.97. The second-order valence-corrected chi connectivity index (χ2v) is 5.20. The molecule has 0 N–H and O–H groups in total. The first kappa shape index (κ1) is 17.5. The summed E-state index contributed by atoms with van der Waals surface area (Å²) < 4.78 is 10.0. The van der Waals surface area contributed by atoms with Crippen LogP contribution in [0.15, 0.2) is 30.0 Å². The number of rotatable bonds is 4. The summed E-state index contributed by atoms with van der Waals surface area (Å²) in [7, 11) is 3.28. The van der Waals surface area contributed by atoms with Gasteiger partial charge in [0.15, 0.2) is 0 Å². The summed E-state index contributed by atoms with van der Waals surface area (Å²) in [5.74, 6) is -1.22. The summed E-state index contributed by atoms with van der Waals surface area (Å²) in [5, 5.41) is 0. The molecule has 0 radical (unpaired) electrons. The Morgan fingerprint density at radius 3 is 2.29 bits per heavy atom. The lowest BCUT2D eigenvalue weighted by atomic mass is 10.0. The van der Waals surface area contributed by atoms with Crippen LogP contribution in [-0.2, 0) is 19.1 Å². The first-order chi connectivity index (χ1) is 11.4. The van der Waals surface area contributed by atoms with Crippen molar-refractivity contribution in [2.45, 2.75) is 13.8 Å². The lowest BCUT2D eigenvalue weighted by molar-refractivity contribution is -0.140. The number of nitrogens with zero attached hydrogens (tertiary/aromatic N) is 2. The average Bonchev–Trinajstić information content (AvgIpc) is 2.81.